The number of fused-ring (bicyclic) bond motifs is 1. The maximum atomic E-state index is 12.3. The standard InChI is InChI=1S/C17H20N4O/c1-11-10-21(12(2)9-19-11)16-7-17(22)20(3)15-5-4-13(8-18)6-14(15)16/h4-7,11-12,19H,9-10H2,1-3H3/t11-,12+/m1/s1. The summed E-state index contributed by atoms with van der Waals surface area (Å²) in [5.74, 6) is 0. The van der Waals surface area contributed by atoms with Crippen LogP contribution in [0.15, 0.2) is 29.1 Å². The molecule has 1 saturated heterocycles. The first kappa shape index (κ1) is 14.6. The monoisotopic (exact) mass is 296 g/mol. The molecule has 1 N–H and O–H groups in total. The van der Waals surface area contributed by atoms with E-state index in [1.807, 2.05) is 12.1 Å². The smallest absolute Gasteiger partial charge is 0.252 e. The number of aryl methyl sites for hydroxylation is 1. The largest absolute Gasteiger partial charge is 0.365 e. The van der Waals surface area contributed by atoms with Crippen LogP contribution in [-0.2, 0) is 7.05 Å². The fraction of sp³-hybridized carbons (Fsp3) is 0.412. The number of rotatable bonds is 1. The predicted octanol–water partition coefficient (Wildman–Crippen LogP) is 1.60. The third kappa shape index (κ3) is 2.36. The van der Waals surface area contributed by atoms with Crippen molar-refractivity contribution in [2.24, 2.45) is 7.05 Å². The second-order valence-corrected chi connectivity index (χ2v) is 6.08. The summed E-state index contributed by atoms with van der Waals surface area (Å²) >= 11 is 0. The molecule has 1 aromatic carbocycles. The Labute approximate surface area is 129 Å². The molecular weight excluding hydrogens is 276 g/mol. The van der Waals surface area contributed by atoms with E-state index in [-0.39, 0.29) is 5.56 Å². The van der Waals surface area contributed by atoms with E-state index in [0.29, 0.717) is 17.6 Å². The van der Waals surface area contributed by atoms with Crippen molar-refractivity contribution in [3.8, 4) is 6.07 Å². The molecule has 0 radical (unpaired) electrons. The first-order valence-electron chi connectivity index (χ1n) is 7.55. The molecular formula is C17H20N4O. The molecule has 0 spiro atoms. The van der Waals surface area contributed by atoms with Crippen LogP contribution < -0.4 is 15.8 Å². The van der Waals surface area contributed by atoms with Gasteiger partial charge in [0.2, 0.25) is 0 Å². The van der Waals surface area contributed by atoms with Crippen molar-refractivity contribution in [2.75, 3.05) is 18.0 Å². The van der Waals surface area contributed by atoms with Crippen LogP contribution in [0.1, 0.15) is 19.4 Å². The van der Waals surface area contributed by atoms with Crippen molar-refractivity contribution in [2.45, 2.75) is 25.9 Å². The van der Waals surface area contributed by atoms with Gasteiger partial charge >= 0.3 is 0 Å². The van der Waals surface area contributed by atoms with Gasteiger partial charge in [-0.15, -0.1) is 0 Å². The topological polar surface area (TPSA) is 61.1 Å². The van der Waals surface area contributed by atoms with Crippen LogP contribution >= 0.6 is 0 Å². The number of hydrogen-bond acceptors (Lipinski definition) is 4. The van der Waals surface area contributed by atoms with Gasteiger partial charge < -0.3 is 14.8 Å². The number of pyridine rings is 1. The van der Waals surface area contributed by atoms with E-state index >= 15 is 0 Å². The second-order valence-electron chi connectivity index (χ2n) is 6.08. The highest BCUT2D eigenvalue weighted by atomic mass is 16.1. The van der Waals surface area contributed by atoms with Crippen LogP contribution in [0.25, 0.3) is 10.9 Å². The number of aromatic nitrogens is 1. The van der Waals surface area contributed by atoms with Crippen molar-refractivity contribution >= 4 is 16.6 Å². The Morgan fingerprint density at radius 1 is 1.32 bits per heavy atom. The Hall–Kier alpha value is -2.32. The Morgan fingerprint density at radius 3 is 2.82 bits per heavy atom. The zero-order valence-electron chi connectivity index (χ0n) is 13.1. The van der Waals surface area contributed by atoms with Crippen LogP contribution in [0.2, 0.25) is 0 Å². The molecule has 1 aliphatic rings. The number of anilines is 1. The minimum absolute atomic E-state index is 0.0226. The van der Waals surface area contributed by atoms with Crippen molar-refractivity contribution < 1.29 is 0 Å². The lowest BCUT2D eigenvalue weighted by Gasteiger charge is -2.39. The minimum atomic E-state index is -0.0226. The van der Waals surface area contributed by atoms with Crippen molar-refractivity contribution in [1.82, 2.24) is 9.88 Å². The number of benzene rings is 1. The molecule has 2 heterocycles. The van der Waals surface area contributed by atoms with Gasteiger partial charge in [0.05, 0.1) is 22.8 Å². The molecule has 0 unspecified atom stereocenters. The van der Waals surface area contributed by atoms with E-state index in [4.69, 9.17) is 0 Å². The van der Waals surface area contributed by atoms with Gasteiger partial charge in [0.15, 0.2) is 0 Å². The highest BCUT2D eigenvalue weighted by Crippen LogP contribution is 2.28. The van der Waals surface area contributed by atoms with E-state index in [1.165, 1.54) is 0 Å². The highest BCUT2D eigenvalue weighted by molar-refractivity contribution is 5.93. The van der Waals surface area contributed by atoms with Gasteiger partial charge in [-0.25, -0.2) is 0 Å². The zero-order chi connectivity index (χ0) is 15.9. The molecule has 0 bridgehead atoms. The molecule has 2 aromatic rings. The first-order chi connectivity index (χ1) is 10.5. The maximum Gasteiger partial charge on any atom is 0.252 e. The molecule has 1 fully saturated rings. The summed E-state index contributed by atoms with van der Waals surface area (Å²) in [7, 11) is 1.77. The summed E-state index contributed by atoms with van der Waals surface area (Å²) in [5, 5.41) is 13.6. The first-order valence-corrected chi connectivity index (χ1v) is 7.55. The fourth-order valence-electron chi connectivity index (χ4n) is 3.11. The van der Waals surface area contributed by atoms with E-state index in [1.54, 1.807) is 23.7 Å². The predicted molar refractivity (Wildman–Crippen MR) is 88.2 cm³/mol. The van der Waals surface area contributed by atoms with Gasteiger partial charge in [0, 0.05) is 43.7 Å². The zero-order valence-corrected chi connectivity index (χ0v) is 13.1. The maximum absolute atomic E-state index is 12.3. The van der Waals surface area contributed by atoms with Crippen LogP contribution in [0, 0.1) is 11.3 Å². The van der Waals surface area contributed by atoms with Gasteiger partial charge in [-0.3, -0.25) is 4.79 Å². The third-order valence-corrected chi connectivity index (χ3v) is 4.43. The number of hydrogen-bond donors (Lipinski definition) is 1. The second kappa shape index (κ2) is 5.47. The Bertz CT molecular complexity index is 818. The van der Waals surface area contributed by atoms with Gasteiger partial charge in [-0.05, 0) is 32.0 Å². The van der Waals surface area contributed by atoms with E-state index < -0.39 is 0 Å². The highest BCUT2D eigenvalue weighted by Gasteiger charge is 2.24. The van der Waals surface area contributed by atoms with Gasteiger partial charge in [0.1, 0.15) is 0 Å². The quantitative estimate of drug-likeness (QED) is 0.868. The number of piperazine rings is 1. The van der Waals surface area contributed by atoms with Crippen molar-refractivity contribution in [1.29, 1.82) is 5.26 Å². The SMILES string of the molecule is C[C@@H]1CN(c2cc(=O)n(C)c3ccc(C#N)cc23)[C@@H](C)CN1. The molecule has 114 valence electrons. The molecule has 1 aromatic heterocycles. The summed E-state index contributed by atoms with van der Waals surface area (Å²) in [4.78, 5) is 14.6. The average molecular weight is 296 g/mol. The lowest BCUT2D eigenvalue weighted by atomic mass is 10.1. The van der Waals surface area contributed by atoms with E-state index in [2.05, 4.69) is 30.1 Å². The lowest BCUT2D eigenvalue weighted by molar-refractivity contribution is 0.425. The Kier molecular flexibility index (Phi) is 3.63. The molecule has 0 amide bonds. The molecule has 5 heteroatoms. The summed E-state index contributed by atoms with van der Waals surface area (Å²) in [6.45, 7) is 6.02. The van der Waals surface area contributed by atoms with Crippen LogP contribution in [0.3, 0.4) is 0 Å². The van der Waals surface area contributed by atoms with Gasteiger partial charge in [-0.1, -0.05) is 0 Å². The summed E-state index contributed by atoms with van der Waals surface area (Å²) in [6.07, 6.45) is 0. The third-order valence-electron chi connectivity index (χ3n) is 4.43. The molecule has 3 rings (SSSR count). The summed E-state index contributed by atoms with van der Waals surface area (Å²) in [6, 6.07) is 10.0. The van der Waals surface area contributed by atoms with E-state index in [0.717, 1.165) is 29.7 Å². The summed E-state index contributed by atoms with van der Waals surface area (Å²) in [5.41, 5.74) is 2.38. The molecule has 22 heavy (non-hydrogen) atoms. The molecule has 2 atom stereocenters. The molecule has 0 aliphatic carbocycles. The molecule has 0 saturated carbocycles. The molecule has 5 nitrogen and oxygen atoms in total. The van der Waals surface area contributed by atoms with Gasteiger partial charge in [-0.2, -0.15) is 5.26 Å². The van der Waals surface area contributed by atoms with Crippen LogP contribution in [0.4, 0.5) is 5.69 Å². The minimum Gasteiger partial charge on any atom is -0.365 e. The number of nitrogens with one attached hydrogen (secondary N) is 1. The molecule has 1 aliphatic heterocycles. The lowest BCUT2D eigenvalue weighted by Crippen LogP contribution is -2.54. The van der Waals surface area contributed by atoms with E-state index in [9.17, 15) is 10.1 Å². The van der Waals surface area contributed by atoms with Crippen molar-refractivity contribution in [3.05, 3.63) is 40.2 Å². The fourth-order valence-corrected chi connectivity index (χ4v) is 3.11. The normalized spacial score (nSPS) is 21.8. The summed E-state index contributed by atoms with van der Waals surface area (Å²) < 4.78 is 1.64. The Balaban J connectivity index is 2.26. The van der Waals surface area contributed by atoms with Crippen molar-refractivity contribution in [3.63, 3.8) is 0 Å². The van der Waals surface area contributed by atoms with Crippen LogP contribution in [-0.4, -0.2) is 29.7 Å². The number of nitrogens with zero attached hydrogens (tertiary/aromatic N) is 3. The van der Waals surface area contributed by atoms with Crippen LogP contribution in [0.5, 0.6) is 0 Å². The average Bonchev–Trinajstić information content (AvgIpc) is 2.53. The van der Waals surface area contributed by atoms with Gasteiger partial charge in [0.25, 0.3) is 5.56 Å². The number of nitriles is 1. The Morgan fingerprint density at radius 2 is 2.09 bits per heavy atom.